The molecule has 1 saturated heterocycles. The zero-order valence-corrected chi connectivity index (χ0v) is 31.4. The van der Waals surface area contributed by atoms with Gasteiger partial charge in [-0.2, -0.15) is 4.37 Å². The van der Waals surface area contributed by atoms with Crippen LogP contribution in [0.25, 0.3) is 0 Å². The molecule has 2 rings (SSSR count). The summed E-state index contributed by atoms with van der Waals surface area (Å²) in [4.78, 5) is 76.3. The molecule has 1 aliphatic rings. The summed E-state index contributed by atoms with van der Waals surface area (Å²) < 4.78 is 50.6. The van der Waals surface area contributed by atoms with E-state index in [0.29, 0.717) is 44.4 Å². The summed E-state index contributed by atoms with van der Waals surface area (Å²) in [5, 5.41) is 3.25. The first-order valence-corrected chi connectivity index (χ1v) is 17.4. The van der Waals surface area contributed by atoms with Gasteiger partial charge in [-0.05, 0) is 61.8 Å². The van der Waals surface area contributed by atoms with Crippen LogP contribution in [0.2, 0.25) is 0 Å². The molecule has 0 radical (unpaired) electrons. The van der Waals surface area contributed by atoms with Crippen LogP contribution in [0.15, 0.2) is 0 Å². The Morgan fingerprint density at radius 3 is 1.65 bits per heavy atom. The van der Waals surface area contributed by atoms with Gasteiger partial charge in [0.25, 0.3) is 5.88 Å². The Labute approximate surface area is 301 Å². The van der Waals surface area contributed by atoms with Crippen LogP contribution in [0, 0.1) is 0 Å². The molecule has 0 amide bonds. The molecule has 1 aromatic heterocycles. The highest BCUT2D eigenvalue weighted by Crippen LogP contribution is 2.26. The van der Waals surface area contributed by atoms with Crippen LogP contribution in [0.3, 0.4) is 0 Å². The predicted octanol–water partition coefficient (Wildman–Crippen LogP) is 1.51. The monoisotopic (exact) mass is 746 g/mol. The minimum absolute atomic E-state index is 0.0773. The fourth-order valence-electron chi connectivity index (χ4n) is 4.00. The lowest BCUT2D eigenvalue weighted by Gasteiger charge is -2.28. The van der Waals surface area contributed by atoms with Gasteiger partial charge in [0.1, 0.15) is 12.7 Å². The van der Waals surface area contributed by atoms with E-state index in [4.69, 9.17) is 37.9 Å². The second-order valence-electron chi connectivity index (χ2n) is 12.7. The predicted molar refractivity (Wildman–Crippen MR) is 179 cm³/mol. The molecule has 6 atom stereocenters. The van der Waals surface area contributed by atoms with Crippen molar-refractivity contribution in [1.82, 2.24) is 14.1 Å². The lowest BCUT2D eigenvalue weighted by atomic mass is 10.1. The highest BCUT2D eigenvalue weighted by atomic mass is 32.1. The number of aromatic nitrogens is 2. The van der Waals surface area contributed by atoms with Crippen LogP contribution in [-0.2, 0) is 61.9 Å². The van der Waals surface area contributed by atoms with E-state index < -0.39 is 72.4 Å². The van der Waals surface area contributed by atoms with Gasteiger partial charge in [-0.25, -0.2) is 24.0 Å². The molecular formula is C32H50N4O14S. The van der Waals surface area contributed by atoms with Gasteiger partial charge in [0.2, 0.25) is 5.82 Å². The van der Waals surface area contributed by atoms with Crippen molar-refractivity contribution in [3.63, 3.8) is 0 Å². The van der Waals surface area contributed by atoms with E-state index in [0.717, 1.165) is 11.7 Å². The standard InChI is InChI=1S/C32H50N4O14S/c1-10-11-24(37)45-18(2)27(38)46-19(3)28(39)47-20(4)29(40)48-21(5)30(41)49-22(6)31(42)50-23(16-33-32(7,8)9)17-44-26-25(34-51-35-26)36-12-14-43-15-13-36/h18-23,33H,10-17H2,1-9H3. The molecule has 1 N–H and O–H groups in total. The molecule has 1 aromatic rings. The van der Waals surface area contributed by atoms with Crippen LogP contribution in [0.1, 0.15) is 75.2 Å². The van der Waals surface area contributed by atoms with Crippen molar-refractivity contribution < 1.29 is 66.7 Å². The van der Waals surface area contributed by atoms with Gasteiger partial charge in [0.15, 0.2) is 30.5 Å². The first-order chi connectivity index (χ1) is 23.9. The zero-order chi connectivity index (χ0) is 38.3. The molecule has 0 aliphatic carbocycles. The van der Waals surface area contributed by atoms with E-state index in [1.54, 1.807) is 6.92 Å². The van der Waals surface area contributed by atoms with E-state index >= 15 is 0 Å². The minimum atomic E-state index is -1.51. The lowest BCUT2D eigenvalue weighted by Crippen LogP contribution is -2.45. The smallest absolute Gasteiger partial charge is 0.347 e. The quantitative estimate of drug-likeness (QED) is 0.157. The summed E-state index contributed by atoms with van der Waals surface area (Å²) in [6.07, 6.45) is -7.30. The Kier molecular flexibility index (Phi) is 17.5. The third-order valence-corrected chi connectivity index (χ3v) is 7.40. The number of rotatable bonds is 19. The average Bonchev–Trinajstić information content (AvgIpc) is 3.54. The van der Waals surface area contributed by atoms with Crippen molar-refractivity contribution in [3.8, 4) is 5.88 Å². The van der Waals surface area contributed by atoms with Crippen molar-refractivity contribution in [1.29, 1.82) is 0 Å². The Morgan fingerprint density at radius 1 is 0.745 bits per heavy atom. The molecule has 6 unspecified atom stereocenters. The maximum Gasteiger partial charge on any atom is 0.347 e. The van der Waals surface area contributed by atoms with Crippen LogP contribution in [0.4, 0.5) is 5.82 Å². The van der Waals surface area contributed by atoms with E-state index in [9.17, 15) is 28.8 Å². The largest absolute Gasteiger partial charge is 0.470 e. The number of ether oxygens (including phenoxy) is 8. The van der Waals surface area contributed by atoms with E-state index in [1.165, 1.54) is 34.6 Å². The molecule has 0 aromatic carbocycles. The first-order valence-electron chi connectivity index (χ1n) is 16.7. The van der Waals surface area contributed by atoms with Gasteiger partial charge < -0.3 is 48.1 Å². The summed E-state index contributed by atoms with van der Waals surface area (Å²) in [7, 11) is 0. The fourth-order valence-corrected chi connectivity index (χ4v) is 4.52. The van der Waals surface area contributed by atoms with Crippen molar-refractivity contribution in [3.05, 3.63) is 0 Å². The molecule has 51 heavy (non-hydrogen) atoms. The molecule has 0 bridgehead atoms. The van der Waals surface area contributed by atoms with Crippen molar-refractivity contribution in [2.24, 2.45) is 0 Å². The highest BCUT2D eigenvalue weighted by molar-refractivity contribution is 6.99. The maximum absolute atomic E-state index is 13.0. The number of carbonyl (C=O) groups is 6. The highest BCUT2D eigenvalue weighted by Gasteiger charge is 2.32. The van der Waals surface area contributed by atoms with Gasteiger partial charge in [-0.15, -0.1) is 4.37 Å². The topological polar surface area (TPSA) is 217 Å². The molecule has 2 heterocycles. The molecular weight excluding hydrogens is 696 g/mol. The van der Waals surface area contributed by atoms with Crippen molar-refractivity contribution >= 4 is 53.4 Å². The Balaban J connectivity index is 1.88. The van der Waals surface area contributed by atoms with E-state index in [1.807, 2.05) is 25.7 Å². The number of hydrogen-bond donors (Lipinski definition) is 1. The summed E-state index contributed by atoms with van der Waals surface area (Å²) in [6.45, 7) is 16.2. The summed E-state index contributed by atoms with van der Waals surface area (Å²) in [5.74, 6) is -4.86. The van der Waals surface area contributed by atoms with Crippen LogP contribution in [0.5, 0.6) is 5.88 Å². The number of nitrogens with one attached hydrogen (secondary N) is 1. The minimum Gasteiger partial charge on any atom is -0.470 e. The summed E-state index contributed by atoms with van der Waals surface area (Å²) in [6, 6.07) is 0. The fraction of sp³-hybridized carbons (Fsp3) is 0.750. The number of morpholine rings is 1. The second-order valence-corrected chi connectivity index (χ2v) is 13.2. The molecule has 288 valence electrons. The third kappa shape index (κ3) is 15.4. The number of anilines is 1. The van der Waals surface area contributed by atoms with Gasteiger partial charge >= 0.3 is 35.8 Å². The third-order valence-electron chi connectivity index (χ3n) is 6.90. The Morgan fingerprint density at radius 2 is 1.20 bits per heavy atom. The molecule has 1 aliphatic heterocycles. The molecule has 18 nitrogen and oxygen atoms in total. The Hall–Kier alpha value is -4.10. The van der Waals surface area contributed by atoms with E-state index in [2.05, 4.69) is 14.1 Å². The number of esters is 6. The van der Waals surface area contributed by atoms with Crippen LogP contribution in [-0.4, -0.2) is 126 Å². The van der Waals surface area contributed by atoms with Gasteiger partial charge in [0, 0.05) is 31.6 Å². The number of carbonyl (C=O) groups excluding carboxylic acids is 6. The maximum atomic E-state index is 13.0. The molecule has 0 spiro atoms. The van der Waals surface area contributed by atoms with Gasteiger partial charge in [0.05, 0.1) is 24.9 Å². The number of hydrogen-bond acceptors (Lipinski definition) is 19. The summed E-state index contributed by atoms with van der Waals surface area (Å²) >= 11 is 0.993. The van der Waals surface area contributed by atoms with Crippen molar-refractivity contribution in [2.45, 2.75) is 117 Å². The normalized spacial score (nSPS) is 16.7. The summed E-state index contributed by atoms with van der Waals surface area (Å²) in [5.41, 5.74) is -0.319. The van der Waals surface area contributed by atoms with Gasteiger partial charge in [-0.1, -0.05) is 6.92 Å². The molecule has 0 saturated carbocycles. The van der Waals surface area contributed by atoms with Crippen LogP contribution < -0.4 is 15.0 Å². The van der Waals surface area contributed by atoms with Crippen LogP contribution >= 0.6 is 11.7 Å². The SMILES string of the molecule is CCCC(=O)OC(C)C(=O)OC(C)C(=O)OC(C)C(=O)OC(C)C(=O)OC(C)C(=O)OC(CNC(C)(C)C)COc1nsnc1N1CCOCC1. The van der Waals surface area contributed by atoms with Crippen molar-refractivity contribution in [2.75, 3.05) is 44.4 Å². The molecule has 1 fully saturated rings. The van der Waals surface area contributed by atoms with E-state index in [-0.39, 0.29) is 25.1 Å². The second kappa shape index (κ2) is 20.7. The lowest BCUT2D eigenvalue weighted by molar-refractivity contribution is -0.187. The number of nitrogens with zero attached hydrogens (tertiary/aromatic N) is 3. The first kappa shape index (κ1) is 43.1. The molecule has 19 heteroatoms. The Bertz CT molecular complexity index is 1330. The average molecular weight is 747 g/mol. The zero-order valence-electron chi connectivity index (χ0n) is 30.6. The van der Waals surface area contributed by atoms with Gasteiger partial charge in [-0.3, -0.25) is 4.79 Å².